The molecule has 0 unspecified atom stereocenters. The van der Waals surface area contributed by atoms with Crippen molar-refractivity contribution in [1.29, 1.82) is 0 Å². The largest absolute Gasteiger partial charge is 0.496 e. The number of anilines is 2. The number of fused-ring (bicyclic) bond motifs is 2. The van der Waals surface area contributed by atoms with E-state index in [4.69, 9.17) is 9.15 Å². The summed E-state index contributed by atoms with van der Waals surface area (Å²) in [6, 6.07) is 32.1. The van der Waals surface area contributed by atoms with Gasteiger partial charge < -0.3 is 14.5 Å². The Labute approximate surface area is 237 Å². The summed E-state index contributed by atoms with van der Waals surface area (Å²) in [6.45, 7) is 0. The van der Waals surface area contributed by atoms with Crippen LogP contribution in [0.5, 0.6) is 5.75 Å². The molecule has 41 heavy (non-hydrogen) atoms. The quantitative estimate of drug-likeness (QED) is 0.253. The van der Waals surface area contributed by atoms with Gasteiger partial charge in [-0.3, -0.25) is 14.5 Å². The van der Waals surface area contributed by atoms with Crippen LogP contribution in [0.25, 0.3) is 10.8 Å². The first kappa shape index (κ1) is 24.9. The van der Waals surface area contributed by atoms with Gasteiger partial charge in [-0.15, -0.1) is 0 Å². The maximum absolute atomic E-state index is 14.9. The zero-order valence-electron chi connectivity index (χ0n) is 22.5. The van der Waals surface area contributed by atoms with Crippen LogP contribution in [-0.2, 0) is 4.79 Å². The summed E-state index contributed by atoms with van der Waals surface area (Å²) in [4.78, 5) is 30.8. The van der Waals surface area contributed by atoms with Crippen LogP contribution in [0.15, 0.2) is 125 Å². The van der Waals surface area contributed by atoms with Crippen molar-refractivity contribution in [1.82, 2.24) is 0 Å². The molecular formula is C35H28N2O4. The van der Waals surface area contributed by atoms with E-state index in [1.165, 1.54) is 0 Å². The number of hydrogen-bond acceptors (Lipinski definition) is 5. The molecule has 1 aliphatic heterocycles. The number of hydrogen-bond donors (Lipinski definition) is 1. The van der Waals surface area contributed by atoms with E-state index in [2.05, 4.69) is 5.32 Å². The number of amides is 1. The third-order valence-corrected chi connectivity index (χ3v) is 8.11. The molecule has 0 bridgehead atoms. The Balaban J connectivity index is 1.49. The average Bonchev–Trinajstić information content (AvgIpc) is 3.51. The molecule has 1 N–H and O–H groups in total. The normalized spacial score (nSPS) is 18.4. The predicted molar refractivity (Wildman–Crippen MR) is 159 cm³/mol. The smallest absolute Gasteiger partial charge is 0.259 e. The van der Waals surface area contributed by atoms with Crippen molar-refractivity contribution in [2.75, 3.05) is 17.3 Å². The summed E-state index contributed by atoms with van der Waals surface area (Å²) >= 11 is 0. The molecule has 1 aromatic heterocycles. The zero-order chi connectivity index (χ0) is 27.9. The molecule has 6 nitrogen and oxygen atoms in total. The van der Waals surface area contributed by atoms with Crippen molar-refractivity contribution >= 4 is 33.8 Å². The Kier molecular flexibility index (Phi) is 6.16. The lowest BCUT2D eigenvalue weighted by Gasteiger charge is -2.35. The van der Waals surface area contributed by atoms with Gasteiger partial charge in [0.05, 0.1) is 30.8 Å². The zero-order valence-corrected chi connectivity index (χ0v) is 22.5. The van der Waals surface area contributed by atoms with Crippen LogP contribution in [0, 0.1) is 0 Å². The molecule has 7 rings (SSSR count). The Morgan fingerprint density at radius 1 is 0.878 bits per heavy atom. The van der Waals surface area contributed by atoms with Crippen molar-refractivity contribution in [3.8, 4) is 5.75 Å². The van der Waals surface area contributed by atoms with Gasteiger partial charge in [0.15, 0.2) is 5.78 Å². The summed E-state index contributed by atoms with van der Waals surface area (Å²) in [5.74, 6) is 1.07. The van der Waals surface area contributed by atoms with E-state index in [1.54, 1.807) is 18.3 Å². The first-order valence-corrected chi connectivity index (χ1v) is 13.7. The number of allylic oxidation sites excluding steroid dienone is 1. The minimum absolute atomic E-state index is 0.0282. The highest BCUT2D eigenvalue weighted by molar-refractivity contribution is 6.17. The van der Waals surface area contributed by atoms with E-state index < -0.39 is 6.04 Å². The van der Waals surface area contributed by atoms with Crippen molar-refractivity contribution < 1.29 is 18.7 Å². The lowest BCUT2D eigenvalue weighted by Crippen LogP contribution is -2.38. The molecule has 1 aliphatic carbocycles. The van der Waals surface area contributed by atoms with Gasteiger partial charge in [-0.1, -0.05) is 66.7 Å². The number of nitrogens with zero attached hydrogens (tertiary/aromatic N) is 1. The SMILES string of the molecule is COc1ccccc1[C@@H]1C2=C(C[C@@H](c3ccco3)CC2=O)Nc2ccccc2N1C(=O)c1cccc2ccccc12. The number of benzene rings is 4. The second-order valence-electron chi connectivity index (χ2n) is 10.4. The molecule has 0 radical (unpaired) electrons. The predicted octanol–water partition coefficient (Wildman–Crippen LogP) is 7.66. The topological polar surface area (TPSA) is 71.8 Å². The minimum atomic E-state index is -0.714. The van der Waals surface area contributed by atoms with Gasteiger partial charge in [-0.2, -0.15) is 0 Å². The molecule has 0 fully saturated rings. The summed E-state index contributed by atoms with van der Waals surface area (Å²) in [6.07, 6.45) is 2.50. The first-order valence-electron chi connectivity index (χ1n) is 13.7. The maximum atomic E-state index is 14.9. The van der Waals surface area contributed by atoms with Gasteiger partial charge in [0, 0.05) is 34.7 Å². The van der Waals surface area contributed by atoms with E-state index in [1.807, 2.05) is 103 Å². The molecule has 0 spiro atoms. The number of rotatable bonds is 4. The van der Waals surface area contributed by atoms with Gasteiger partial charge >= 0.3 is 0 Å². The number of carbonyl (C=O) groups is 2. The van der Waals surface area contributed by atoms with Crippen LogP contribution in [0.1, 0.15) is 46.5 Å². The molecule has 6 heteroatoms. The second kappa shape index (κ2) is 10.1. The molecule has 5 aromatic rings. The maximum Gasteiger partial charge on any atom is 0.259 e. The molecule has 2 atom stereocenters. The first-order chi connectivity index (χ1) is 20.1. The molecule has 202 valence electrons. The van der Waals surface area contributed by atoms with Crippen LogP contribution in [0.2, 0.25) is 0 Å². The number of para-hydroxylation sites is 3. The van der Waals surface area contributed by atoms with Gasteiger partial charge in [-0.05, 0) is 53.6 Å². The van der Waals surface area contributed by atoms with Gasteiger partial charge in [0.25, 0.3) is 5.91 Å². The van der Waals surface area contributed by atoms with Crippen molar-refractivity contribution in [3.05, 3.63) is 138 Å². The van der Waals surface area contributed by atoms with Crippen LogP contribution in [0.4, 0.5) is 11.4 Å². The third kappa shape index (κ3) is 4.19. The molecule has 2 aliphatic rings. The van der Waals surface area contributed by atoms with E-state index >= 15 is 0 Å². The number of methoxy groups -OCH3 is 1. The number of Topliss-reactive ketones (excluding diaryl/α,β-unsaturated/α-hetero) is 1. The van der Waals surface area contributed by atoms with Crippen molar-refractivity contribution in [2.45, 2.75) is 24.8 Å². The van der Waals surface area contributed by atoms with E-state index in [0.29, 0.717) is 29.0 Å². The monoisotopic (exact) mass is 540 g/mol. The van der Waals surface area contributed by atoms with Crippen LogP contribution in [-0.4, -0.2) is 18.8 Å². The Bertz CT molecular complexity index is 1820. The summed E-state index contributed by atoms with van der Waals surface area (Å²) < 4.78 is 11.5. The standard InChI is InChI=1S/C35H28N2O4/c1-40-32-17-7-4-13-26(32)34-33-28(20-23(21-30(33)38)31-18-9-19-41-31)36-27-15-5-6-16-29(27)37(34)35(39)25-14-8-11-22-10-2-3-12-24(22)25/h2-19,23,34,36H,20-21H2,1H3/t23-,34-/m1/s1. The Morgan fingerprint density at radius 3 is 2.51 bits per heavy atom. The summed E-state index contributed by atoms with van der Waals surface area (Å²) in [5, 5.41) is 5.41. The molecule has 2 heterocycles. The van der Waals surface area contributed by atoms with Crippen LogP contribution in [0.3, 0.4) is 0 Å². The number of ether oxygens (including phenoxy) is 1. The average molecular weight is 541 g/mol. The van der Waals surface area contributed by atoms with Gasteiger partial charge in [0.1, 0.15) is 11.5 Å². The Morgan fingerprint density at radius 2 is 1.66 bits per heavy atom. The highest BCUT2D eigenvalue weighted by Crippen LogP contribution is 2.49. The highest BCUT2D eigenvalue weighted by Gasteiger charge is 2.43. The highest BCUT2D eigenvalue weighted by atomic mass is 16.5. The van der Waals surface area contributed by atoms with E-state index in [0.717, 1.165) is 33.5 Å². The van der Waals surface area contributed by atoms with E-state index in [-0.39, 0.29) is 24.0 Å². The summed E-state index contributed by atoms with van der Waals surface area (Å²) in [5.41, 5.74) is 4.14. The molecule has 0 saturated heterocycles. The third-order valence-electron chi connectivity index (χ3n) is 8.11. The van der Waals surface area contributed by atoms with Crippen LogP contribution < -0.4 is 15.0 Å². The number of carbonyl (C=O) groups excluding carboxylic acids is 2. The fraction of sp³-hybridized carbons (Fsp3) is 0.143. The van der Waals surface area contributed by atoms with E-state index in [9.17, 15) is 9.59 Å². The Hall–Kier alpha value is -5.10. The van der Waals surface area contributed by atoms with Crippen molar-refractivity contribution in [3.63, 3.8) is 0 Å². The fourth-order valence-corrected chi connectivity index (χ4v) is 6.27. The lowest BCUT2D eigenvalue weighted by molar-refractivity contribution is -0.116. The number of nitrogens with one attached hydrogen (secondary N) is 1. The fourth-order valence-electron chi connectivity index (χ4n) is 6.27. The molecule has 4 aromatic carbocycles. The van der Waals surface area contributed by atoms with Crippen molar-refractivity contribution in [2.24, 2.45) is 0 Å². The van der Waals surface area contributed by atoms with Crippen LogP contribution >= 0.6 is 0 Å². The molecule has 1 amide bonds. The van der Waals surface area contributed by atoms with Gasteiger partial charge in [0.2, 0.25) is 0 Å². The lowest BCUT2D eigenvalue weighted by atomic mass is 9.79. The summed E-state index contributed by atoms with van der Waals surface area (Å²) in [7, 11) is 1.61. The van der Waals surface area contributed by atoms with Gasteiger partial charge in [-0.25, -0.2) is 0 Å². The number of ketones is 1. The minimum Gasteiger partial charge on any atom is -0.496 e. The molecule has 0 saturated carbocycles. The second-order valence-corrected chi connectivity index (χ2v) is 10.4. The number of furan rings is 1. The molecular weight excluding hydrogens is 512 g/mol.